The zero-order chi connectivity index (χ0) is 22.2. The third-order valence-electron chi connectivity index (χ3n) is 7.11. The second-order valence-corrected chi connectivity index (χ2v) is 9.81. The molecule has 0 unspecified atom stereocenters. The van der Waals surface area contributed by atoms with Gasteiger partial charge < -0.3 is 0 Å². The van der Waals surface area contributed by atoms with Crippen molar-refractivity contribution in [2.45, 2.75) is 136 Å². The molecule has 2 rings (SSSR count). The molecule has 0 heterocycles. The van der Waals surface area contributed by atoms with Crippen LogP contribution in [0.5, 0.6) is 0 Å². The maximum absolute atomic E-state index is 2.52. The van der Waals surface area contributed by atoms with E-state index < -0.39 is 0 Å². The maximum Gasteiger partial charge on any atom is -0.0152 e. The summed E-state index contributed by atoms with van der Waals surface area (Å²) in [5, 5.41) is 2.91. The highest BCUT2D eigenvalue weighted by Gasteiger charge is 2.10. The van der Waals surface area contributed by atoms with E-state index in [1.54, 1.807) is 16.7 Å². The van der Waals surface area contributed by atoms with Gasteiger partial charge in [0.05, 0.1) is 0 Å². The fourth-order valence-electron chi connectivity index (χ4n) is 5.10. The van der Waals surface area contributed by atoms with Gasteiger partial charge in [-0.2, -0.15) is 0 Å². The highest BCUT2D eigenvalue weighted by Crippen LogP contribution is 2.28. The number of unbranched alkanes of at least 4 members (excludes halogenated alkanes) is 14. The molecule has 0 saturated carbocycles. The average Bonchev–Trinajstić information content (AvgIpc) is 2.79. The van der Waals surface area contributed by atoms with Crippen LogP contribution in [0.25, 0.3) is 10.8 Å². The minimum absolute atomic E-state index is 1.27. The van der Waals surface area contributed by atoms with Crippen molar-refractivity contribution in [3.63, 3.8) is 0 Å². The Morgan fingerprint density at radius 1 is 0.548 bits per heavy atom. The largest absolute Gasteiger partial charge is 0.0654 e. The lowest BCUT2D eigenvalue weighted by molar-refractivity contribution is 0.570. The number of rotatable bonds is 18. The van der Waals surface area contributed by atoms with Crippen molar-refractivity contribution in [3.8, 4) is 0 Å². The van der Waals surface area contributed by atoms with Gasteiger partial charge in [-0.15, -0.1) is 0 Å². The standard InChI is InChI=1S/C31H50/c1-4-6-8-10-12-14-16-18-22-28-26-29-23-20-21-25-31(29)27(3)30(28)24-19-17-15-13-11-9-7-5-2/h20-21,23,25-26H,4-19,22,24H2,1-3H3. The van der Waals surface area contributed by atoms with E-state index in [0.29, 0.717) is 0 Å². The van der Waals surface area contributed by atoms with Crippen molar-refractivity contribution in [2.75, 3.05) is 0 Å². The van der Waals surface area contributed by atoms with E-state index in [0.717, 1.165) is 0 Å². The van der Waals surface area contributed by atoms with Gasteiger partial charge >= 0.3 is 0 Å². The molecule has 174 valence electrons. The Morgan fingerprint density at radius 3 is 1.61 bits per heavy atom. The van der Waals surface area contributed by atoms with Gasteiger partial charge in [0, 0.05) is 0 Å². The second kappa shape index (κ2) is 16.3. The predicted molar refractivity (Wildman–Crippen MR) is 141 cm³/mol. The summed E-state index contributed by atoms with van der Waals surface area (Å²) in [5.74, 6) is 0. The summed E-state index contributed by atoms with van der Waals surface area (Å²) in [6, 6.07) is 11.5. The van der Waals surface area contributed by atoms with Gasteiger partial charge in [-0.1, -0.05) is 134 Å². The molecule has 0 aliphatic rings. The molecule has 0 amide bonds. The predicted octanol–water partition coefficient (Wildman–Crippen LogP) is 10.5. The molecule has 0 N–H and O–H groups in total. The highest BCUT2D eigenvalue weighted by atomic mass is 14.2. The Labute approximate surface area is 194 Å². The molecule has 31 heavy (non-hydrogen) atoms. The van der Waals surface area contributed by atoms with Crippen LogP contribution in [0, 0.1) is 6.92 Å². The van der Waals surface area contributed by atoms with Crippen molar-refractivity contribution in [2.24, 2.45) is 0 Å². The molecule has 0 aliphatic carbocycles. The van der Waals surface area contributed by atoms with Crippen LogP contribution >= 0.6 is 0 Å². The van der Waals surface area contributed by atoms with Crippen LogP contribution < -0.4 is 0 Å². The summed E-state index contributed by atoms with van der Waals surface area (Å²) >= 11 is 0. The topological polar surface area (TPSA) is 0 Å². The molecule has 0 nitrogen and oxygen atoms in total. The van der Waals surface area contributed by atoms with Crippen molar-refractivity contribution < 1.29 is 0 Å². The smallest absolute Gasteiger partial charge is 0.0152 e. The van der Waals surface area contributed by atoms with E-state index >= 15 is 0 Å². The van der Waals surface area contributed by atoms with E-state index in [1.165, 1.54) is 126 Å². The Balaban J connectivity index is 1.86. The first-order valence-electron chi connectivity index (χ1n) is 13.8. The van der Waals surface area contributed by atoms with E-state index in [1.807, 2.05) is 0 Å². The van der Waals surface area contributed by atoms with Crippen molar-refractivity contribution in [1.29, 1.82) is 0 Å². The van der Waals surface area contributed by atoms with Gasteiger partial charge in [0.2, 0.25) is 0 Å². The van der Waals surface area contributed by atoms with Gasteiger partial charge in [-0.25, -0.2) is 0 Å². The number of hydrogen-bond acceptors (Lipinski definition) is 0. The molecule has 0 fully saturated rings. The Hall–Kier alpha value is -1.30. The number of hydrogen-bond donors (Lipinski definition) is 0. The van der Waals surface area contributed by atoms with E-state index in [9.17, 15) is 0 Å². The third kappa shape index (κ3) is 9.80. The molecule has 2 aromatic carbocycles. The van der Waals surface area contributed by atoms with Gasteiger partial charge in [0.1, 0.15) is 0 Å². The van der Waals surface area contributed by atoms with Gasteiger partial charge in [-0.05, 0) is 60.1 Å². The fraction of sp³-hybridized carbons (Fsp3) is 0.677. The quantitative estimate of drug-likeness (QED) is 0.209. The molecule has 2 aromatic rings. The molecule has 0 bridgehead atoms. The maximum atomic E-state index is 2.52. The molecule has 0 aliphatic heterocycles. The normalized spacial score (nSPS) is 11.5. The van der Waals surface area contributed by atoms with Crippen LogP contribution in [0.1, 0.15) is 133 Å². The Kier molecular flexibility index (Phi) is 13.7. The number of fused-ring (bicyclic) bond motifs is 1. The van der Waals surface area contributed by atoms with Crippen LogP contribution in [0.2, 0.25) is 0 Å². The number of benzene rings is 2. The highest BCUT2D eigenvalue weighted by molar-refractivity contribution is 5.87. The van der Waals surface area contributed by atoms with Crippen LogP contribution in [0.15, 0.2) is 30.3 Å². The Bertz CT molecular complexity index is 711. The minimum atomic E-state index is 1.27. The summed E-state index contributed by atoms with van der Waals surface area (Å²) in [5.41, 5.74) is 4.87. The lowest BCUT2D eigenvalue weighted by Crippen LogP contribution is -2.00. The fourth-order valence-corrected chi connectivity index (χ4v) is 5.10. The van der Waals surface area contributed by atoms with Crippen LogP contribution in [-0.4, -0.2) is 0 Å². The molecule has 0 heteroatoms. The molecular weight excluding hydrogens is 372 g/mol. The molecular formula is C31H50. The average molecular weight is 423 g/mol. The third-order valence-corrected chi connectivity index (χ3v) is 7.11. The first-order chi connectivity index (χ1) is 15.3. The van der Waals surface area contributed by atoms with E-state index in [4.69, 9.17) is 0 Å². The summed E-state index contributed by atoms with van der Waals surface area (Å²) in [6.07, 6.45) is 25.0. The number of aryl methyl sites for hydroxylation is 2. The van der Waals surface area contributed by atoms with E-state index in [-0.39, 0.29) is 0 Å². The summed E-state index contributed by atoms with van der Waals surface area (Å²) in [6.45, 7) is 6.98. The zero-order valence-corrected chi connectivity index (χ0v) is 21.1. The van der Waals surface area contributed by atoms with Crippen molar-refractivity contribution >= 4 is 10.8 Å². The van der Waals surface area contributed by atoms with E-state index in [2.05, 4.69) is 51.1 Å². The molecule has 0 spiro atoms. The van der Waals surface area contributed by atoms with Gasteiger partial charge in [0.15, 0.2) is 0 Å². The van der Waals surface area contributed by atoms with Crippen LogP contribution in [0.3, 0.4) is 0 Å². The lowest BCUT2D eigenvalue weighted by atomic mass is 9.89. The Morgan fingerprint density at radius 2 is 1.03 bits per heavy atom. The van der Waals surface area contributed by atoms with Crippen molar-refractivity contribution in [3.05, 3.63) is 47.0 Å². The molecule has 0 aromatic heterocycles. The van der Waals surface area contributed by atoms with Gasteiger partial charge in [-0.3, -0.25) is 0 Å². The molecule has 0 radical (unpaired) electrons. The van der Waals surface area contributed by atoms with Gasteiger partial charge in [0.25, 0.3) is 0 Å². The second-order valence-electron chi connectivity index (χ2n) is 9.81. The van der Waals surface area contributed by atoms with Crippen LogP contribution in [0.4, 0.5) is 0 Å². The van der Waals surface area contributed by atoms with Crippen LogP contribution in [-0.2, 0) is 12.8 Å². The molecule has 0 atom stereocenters. The van der Waals surface area contributed by atoms with Crippen molar-refractivity contribution in [1.82, 2.24) is 0 Å². The minimum Gasteiger partial charge on any atom is -0.0654 e. The first-order valence-corrected chi connectivity index (χ1v) is 13.8. The lowest BCUT2D eigenvalue weighted by Gasteiger charge is -2.16. The monoisotopic (exact) mass is 422 g/mol. The molecule has 0 saturated heterocycles. The zero-order valence-electron chi connectivity index (χ0n) is 21.1. The summed E-state index contributed by atoms with van der Waals surface area (Å²) in [7, 11) is 0. The first kappa shape index (κ1) is 26.0. The SMILES string of the molecule is CCCCCCCCCCc1cc2ccccc2c(C)c1CCCCCCCCCC. The summed E-state index contributed by atoms with van der Waals surface area (Å²) < 4.78 is 0. The summed E-state index contributed by atoms with van der Waals surface area (Å²) in [4.78, 5) is 0.